The molecule has 0 aliphatic rings. The molecule has 32 heavy (non-hydrogen) atoms. The number of benzene rings is 2. The number of esters is 1. The molecule has 0 aliphatic heterocycles. The van der Waals surface area contributed by atoms with Gasteiger partial charge in [-0.25, -0.2) is 14.0 Å². The summed E-state index contributed by atoms with van der Waals surface area (Å²) in [4.78, 5) is 47.9. The highest BCUT2D eigenvalue weighted by Gasteiger charge is 2.21. The number of halogens is 1. The number of nitrogens with one attached hydrogen (secondary N) is 2. The van der Waals surface area contributed by atoms with Crippen LogP contribution in [0.3, 0.4) is 0 Å². The van der Waals surface area contributed by atoms with Crippen molar-refractivity contribution in [3.05, 3.63) is 76.5 Å². The molecule has 0 aliphatic carbocycles. The Kier molecular flexibility index (Phi) is 7.11. The molecule has 166 valence electrons. The predicted octanol–water partition coefficient (Wildman–Crippen LogP) is 1.60. The average Bonchev–Trinajstić information content (AvgIpc) is 3.13. The van der Waals surface area contributed by atoms with E-state index in [1.165, 1.54) is 31.2 Å². The Morgan fingerprint density at radius 3 is 2.50 bits per heavy atom. The van der Waals surface area contributed by atoms with Crippen LogP contribution in [0.4, 0.5) is 9.18 Å². The summed E-state index contributed by atoms with van der Waals surface area (Å²) in [6.45, 7) is 0.855. The lowest BCUT2D eigenvalue weighted by atomic mass is 10.2. The third-order valence-corrected chi connectivity index (χ3v) is 4.19. The zero-order valence-corrected chi connectivity index (χ0v) is 16.9. The number of nitrogens with zero attached hydrogens (tertiary/aromatic N) is 2. The lowest BCUT2D eigenvalue weighted by Gasteiger charge is -2.13. The number of carbonyl (C=O) groups excluding carboxylic acids is 3. The SMILES string of the molecule is CC(OC(=O)Cn1nc(-c2ccc(F)cc2)oc1=O)C(=O)NC(=O)NCc1ccccc1. The molecule has 1 heterocycles. The first-order valence-corrected chi connectivity index (χ1v) is 9.48. The van der Waals surface area contributed by atoms with Crippen LogP contribution in [0.5, 0.6) is 0 Å². The van der Waals surface area contributed by atoms with Crippen molar-refractivity contribution in [2.24, 2.45) is 0 Å². The number of rotatable bonds is 7. The van der Waals surface area contributed by atoms with Crippen molar-refractivity contribution in [2.75, 3.05) is 0 Å². The van der Waals surface area contributed by atoms with Crippen LogP contribution in [0.2, 0.25) is 0 Å². The lowest BCUT2D eigenvalue weighted by molar-refractivity contribution is -0.155. The van der Waals surface area contributed by atoms with Crippen molar-refractivity contribution in [2.45, 2.75) is 26.1 Å². The molecule has 0 bridgehead atoms. The molecule has 2 N–H and O–H groups in total. The number of ether oxygens (including phenoxy) is 1. The first-order chi connectivity index (χ1) is 15.3. The van der Waals surface area contributed by atoms with Crippen LogP contribution in [0.25, 0.3) is 11.5 Å². The van der Waals surface area contributed by atoms with Gasteiger partial charge in [-0.3, -0.25) is 14.9 Å². The maximum atomic E-state index is 13.0. The van der Waals surface area contributed by atoms with Gasteiger partial charge in [-0.05, 0) is 36.8 Å². The molecule has 3 aromatic rings. The first-order valence-electron chi connectivity index (χ1n) is 9.48. The summed E-state index contributed by atoms with van der Waals surface area (Å²) in [5.41, 5.74) is 1.18. The molecule has 3 rings (SSSR count). The van der Waals surface area contributed by atoms with Gasteiger partial charge in [0.15, 0.2) is 6.10 Å². The number of aromatic nitrogens is 2. The number of amides is 3. The molecule has 0 fully saturated rings. The van der Waals surface area contributed by atoms with Gasteiger partial charge in [-0.2, -0.15) is 4.68 Å². The number of hydrogen-bond acceptors (Lipinski definition) is 7. The summed E-state index contributed by atoms with van der Waals surface area (Å²) in [5.74, 6) is -3.30. The Labute approximate surface area is 181 Å². The van der Waals surface area contributed by atoms with E-state index in [1.807, 2.05) is 18.2 Å². The second kappa shape index (κ2) is 10.2. The Bertz CT molecular complexity index is 1160. The highest BCUT2D eigenvalue weighted by molar-refractivity contribution is 5.97. The summed E-state index contributed by atoms with van der Waals surface area (Å²) in [7, 11) is 0. The predicted molar refractivity (Wildman–Crippen MR) is 109 cm³/mol. The summed E-state index contributed by atoms with van der Waals surface area (Å²) < 4.78 is 23.6. The number of imide groups is 1. The van der Waals surface area contributed by atoms with Gasteiger partial charge in [0.05, 0.1) is 0 Å². The molecule has 11 heteroatoms. The summed E-state index contributed by atoms with van der Waals surface area (Å²) in [5, 5.41) is 8.42. The topological polar surface area (TPSA) is 133 Å². The second-order valence-corrected chi connectivity index (χ2v) is 6.63. The fourth-order valence-electron chi connectivity index (χ4n) is 2.56. The maximum Gasteiger partial charge on any atom is 0.437 e. The summed E-state index contributed by atoms with van der Waals surface area (Å²) >= 11 is 0. The monoisotopic (exact) mass is 442 g/mol. The molecular weight excluding hydrogens is 423 g/mol. The van der Waals surface area contributed by atoms with E-state index in [0.717, 1.165) is 5.56 Å². The van der Waals surface area contributed by atoms with Gasteiger partial charge in [0.25, 0.3) is 5.91 Å². The van der Waals surface area contributed by atoms with E-state index in [-0.39, 0.29) is 12.4 Å². The van der Waals surface area contributed by atoms with Crippen LogP contribution in [0.15, 0.2) is 63.8 Å². The van der Waals surface area contributed by atoms with Gasteiger partial charge in [0, 0.05) is 12.1 Å². The van der Waals surface area contributed by atoms with E-state index in [9.17, 15) is 23.6 Å². The van der Waals surface area contributed by atoms with Gasteiger partial charge >= 0.3 is 17.8 Å². The first kappa shape index (κ1) is 22.4. The normalized spacial score (nSPS) is 11.4. The number of hydrogen-bond donors (Lipinski definition) is 2. The molecule has 0 saturated carbocycles. The van der Waals surface area contributed by atoms with Crippen molar-refractivity contribution in [3.63, 3.8) is 0 Å². The lowest BCUT2D eigenvalue weighted by Crippen LogP contribution is -2.44. The molecule has 0 radical (unpaired) electrons. The molecule has 1 aromatic heterocycles. The zero-order valence-electron chi connectivity index (χ0n) is 16.9. The second-order valence-electron chi connectivity index (χ2n) is 6.63. The number of urea groups is 1. The molecule has 1 atom stereocenters. The van der Waals surface area contributed by atoms with Crippen LogP contribution in [0.1, 0.15) is 12.5 Å². The molecule has 0 saturated heterocycles. The van der Waals surface area contributed by atoms with Gasteiger partial charge < -0.3 is 14.5 Å². The fraction of sp³-hybridized carbons (Fsp3) is 0.190. The van der Waals surface area contributed by atoms with E-state index >= 15 is 0 Å². The quantitative estimate of drug-likeness (QED) is 0.531. The van der Waals surface area contributed by atoms with Gasteiger partial charge in [-0.1, -0.05) is 30.3 Å². The van der Waals surface area contributed by atoms with Crippen molar-refractivity contribution in [3.8, 4) is 11.5 Å². The van der Waals surface area contributed by atoms with Crippen LogP contribution in [-0.2, 0) is 27.4 Å². The Morgan fingerprint density at radius 1 is 1.12 bits per heavy atom. The minimum atomic E-state index is -1.30. The average molecular weight is 442 g/mol. The highest BCUT2D eigenvalue weighted by Crippen LogP contribution is 2.15. The summed E-state index contributed by atoms with van der Waals surface area (Å²) in [6, 6.07) is 13.4. The largest absolute Gasteiger partial charge is 0.451 e. The van der Waals surface area contributed by atoms with Crippen LogP contribution < -0.4 is 16.4 Å². The van der Waals surface area contributed by atoms with Gasteiger partial charge in [-0.15, -0.1) is 5.10 Å². The Hall–Kier alpha value is -4.28. The van der Waals surface area contributed by atoms with E-state index in [0.29, 0.717) is 10.2 Å². The van der Waals surface area contributed by atoms with E-state index < -0.39 is 42.1 Å². The van der Waals surface area contributed by atoms with E-state index in [4.69, 9.17) is 9.15 Å². The molecular formula is C21H19FN4O6. The van der Waals surface area contributed by atoms with Gasteiger partial charge in [0.2, 0.25) is 5.89 Å². The zero-order chi connectivity index (χ0) is 23.1. The van der Waals surface area contributed by atoms with Crippen molar-refractivity contribution < 1.29 is 27.9 Å². The minimum absolute atomic E-state index is 0.108. The number of carbonyl (C=O) groups is 3. The summed E-state index contributed by atoms with van der Waals surface area (Å²) in [6.07, 6.45) is -1.30. The van der Waals surface area contributed by atoms with Crippen molar-refractivity contribution in [1.82, 2.24) is 20.4 Å². The fourth-order valence-corrected chi connectivity index (χ4v) is 2.56. The third-order valence-electron chi connectivity index (χ3n) is 4.19. The highest BCUT2D eigenvalue weighted by atomic mass is 19.1. The van der Waals surface area contributed by atoms with E-state index in [2.05, 4.69) is 15.7 Å². The third kappa shape index (κ3) is 6.11. The van der Waals surface area contributed by atoms with E-state index in [1.54, 1.807) is 12.1 Å². The molecule has 2 aromatic carbocycles. The van der Waals surface area contributed by atoms with Crippen molar-refractivity contribution in [1.29, 1.82) is 0 Å². The van der Waals surface area contributed by atoms with Gasteiger partial charge in [0.1, 0.15) is 12.4 Å². The molecule has 0 spiro atoms. The van der Waals surface area contributed by atoms with Crippen LogP contribution in [-0.4, -0.2) is 33.8 Å². The Morgan fingerprint density at radius 2 is 1.81 bits per heavy atom. The molecule has 1 unspecified atom stereocenters. The molecule has 10 nitrogen and oxygen atoms in total. The minimum Gasteiger partial charge on any atom is -0.451 e. The standard InChI is InChI=1S/C21H19FN4O6/c1-13(18(28)24-20(29)23-11-14-5-3-2-4-6-14)31-17(27)12-26-21(30)32-19(25-26)15-7-9-16(22)10-8-15/h2-10,13H,11-12H2,1H3,(H2,23,24,28,29). The van der Waals surface area contributed by atoms with Crippen molar-refractivity contribution >= 4 is 17.9 Å². The molecule has 3 amide bonds. The Balaban J connectivity index is 1.49. The van der Waals surface area contributed by atoms with Crippen LogP contribution in [0, 0.1) is 5.82 Å². The maximum absolute atomic E-state index is 13.0. The van der Waals surface area contributed by atoms with Crippen LogP contribution >= 0.6 is 0 Å². The smallest absolute Gasteiger partial charge is 0.437 e.